The smallest absolute Gasteiger partial charge is 0.130 e. The Labute approximate surface area is 159 Å². The summed E-state index contributed by atoms with van der Waals surface area (Å²) in [5, 5.41) is 1.93. The molecule has 0 radical (unpaired) electrons. The van der Waals surface area contributed by atoms with Crippen molar-refractivity contribution in [3.05, 3.63) is 71.2 Å². The lowest BCUT2D eigenvalue weighted by atomic mass is 9.96. The van der Waals surface area contributed by atoms with Gasteiger partial charge in [0.15, 0.2) is 0 Å². The van der Waals surface area contributed by atoms with Gasteiger partial charge in [0.2, 0.25) is 0 Å². The Morgan fingerprint density at radius 2 is 1.80 bits per heavy atom. The van der Waals surface area contributed by atoms with Crippen molar-refractivity contribution < 1.29 is 0 Å². The zero-order chi connectivity index (χ0) is 16.5. The topological polar surface area (TPSA) is 42.1 Å². The van der Waals surface area contributed by atoms with Crippen molar-refractivity contribution in [1.29, 1.82) is 0 Å². The summed E-state index contributed by atoms with van der Waals surface area (Å²) in [5.41, 5.74) is 8.84. The zero-order valence-corrected chi connectivity index (χ0v) is 15.4. The average Bonchev–Trinajstić information content (AvgIpc) is 2.97. The first-order valence-corrected chi connectivity index (χ1v) is 8.71. The molecule has 2 unspecified atom stereocenters. The van der Waals surface area contributed by atoms with Crippen molar-refractivity contribution in [2.24, 2.45) is 11.7 Å². The van der Waals surface area contributed by atoms with E-state index in [-0.39, 0.29) is 18.6 Å². The van der Waals surface area contributed by atoms with Crippen LogP contribution >= 0.6 is 24.0 Å². The molecule has 0 aliphatic carbocycles. The molecule has 0 bridgehead atoms. The predicted octanol–water partition coefficient (Wildman–Crippen LogP) is 4.66. The fraction of sp³-hybridized carbons (Fsp3) is 0.250. The normalized spacial score (nSPS) is 19.8. The Kier molecular flexibility index (Phi) is 5.48. The number of halogens is 2. The maximum atomic E-state index is 6.54. The first-order valence-electron chi connectivity index (χ1n) is 8.33. The van der Waals surface area contributed by atoms with Gasteiger partial charge in [-0.15, -0.1) is 12.4 Å². The maximum absolute atomic E-state index is 6.54. The van der Waals surface area contributed by atoms with Crippen LogP contribution in [0.1, 0.15) is 12.0 Å². The van der Waals surface area contributed by atoms with Gasteiger partial charge in [-0.05, 0) is 54.7 Å². The molecular weight excluding hydrogens is 353 g/mol. The van der Waals surface area contributed by atoms with E-state index < -0.39 is 0 Å². The van der Waals surface area contributed by atoms with Crippen LogP contribution in [0.5, 0.6) is 0 Å². The molecule has 0 amide bonds. The highest BCUT2D eigenvalue weighted by Crippen LogP contribution is 2.30. The fourth-order valence-electron chi connectivity index (χ4n) is 3.51. The van der Waals surface area contributed by atoms with Gasteiger partial charge in [0, 0.05) is 17.0 Å². The standard InChI is InChI=1S/C20H20ClN3.ClH/c21-17-8-5-14(6-9-17)13-16-11-12-24(20(16)22)19-10-7-15-3-1-2-4-18(15)23-19;/h1-10,16,20H,11-13,22H2;1H. The lowest BCUT2D eigenvalue weighted by Gasteiger charge is -2.26. The van der Waals surface area contributed by atoms with Crippen LogP contribution in [0.3, 0.4) is 0 Å². The van der Waals surface area contributed by atoms with Crippen molar-refractivity contribution in [3.63, 3.8) is 0 Å². The molecule has 0 saturated carbocycles. The molecule has 1 fully saturated rings. The maximum Gasteiger partial charge on any atom is 0.130 e. The number of benzene rings is 2. The second-order valence-corrected chi connectivity index (χ2v) is 6.86. The number of pyridine rings is 1. The Bertz CT molecular complexity index is 851. The largest absolute Gasteiger partial charge is 0.341 e. The lowest BCUT2D eigenvalue weighted by Crippen LogP contribution is -2.41. The van der Waals surface area contributed by atoms with Crippen molar-refractivity contribution in [3.8, 4) is 0 Å². The van der Waals surface area contributed by atoms with Gasteiger partial charge < -0.3 is 10.6 Å². The van der Waals surface area contributed by atoms with Crippen LogP contribution in [-0.4, -0.2) is 17.7 Å². The molecule has 130 valence electrons. The molecule has 0 spiro atoms. The van der Waals surface area contributed by atoms with Gasteiger partial charge in [0.05, 0.1) is 11.7 Å². The molecule has 1 aliphatic rings. The van der Waals surface area contributed by atoms with Gasteiger partial charge in [0.1, 0.15) is 5.82 Å². The van der Waals surface area contributed by atoms with Crippen LogP contribution in [0, 0.1) is 5.92 Å². The Hall–Kier alpha value is -1.81. The number of hydrogen-bond donors (Lipinski definition) is 1. The summed E-state index contributed by atoms with van der Waals surface area (Å²) in [6.07, 6.45) is 2.05. The molecule has 5 heteroatoms. The van der Waals surface area contributed by atoms with E-state index in [4.69, 9.17) is 22.3 Å². The number of anilines is 1. The molecule has 2 atom stereocenters. The second-order valence-electron chi connectivity index (χ2n) is 6.43. The highest BCUT2D eigenvalue weighted by atomic mass is 35.5. The average molecular weight is 374 g/mol. The molecule has 3 nitrogen and oxygen atoms in total. The molecular formula is C20H21Cl2N3. The Morgan fingerprint density at radius 3 is 2.60 bits per heavy atom. The van der Waals surface area contributed by atoms with Crippen molar-refractivity contribution in [1.82, 2.24) is 4.98 Å². The fourth-order valence-corrected chi connectivity index (χ4v) is 3.63. The minimum Gasteiger partial charge on any atom is -0.341 e. The Balaban J connectivity index is 0.00000182. The summed E-state index contributed by atoms with van der Waals surface area (Å²) < 4.78 is 0. The van der Waals surface area contributed by atoms with E-state index in [9.17, 15) is 0 Å². The molecule has 1 aliphatic heterocycles. The van der Waals surface area contributed by atoms with Gasteiger partial charge in [0.25, 0.3) is 0 Å². The number of fused-ring (bicyclic) bond motifs is 1. The van der Waals surface area contributed by atoms with E-state index in [0.29, 0.717) is 5.92 Å². The van der Waals surface area contributed by atoms with Crippen LogP contribution in [0.4, 0.5) is 5.82 Å². The molecule has 2 N–H and O–H groups in total. The van der Waals surface area contributed by atoms with Crippen LogP contribution in [0.2, 0.25) is 5.02 Å². The van der Waals surface area contributed by atoms with Crippen LogP contribution in [-0.2, 0) is 6.42 Å². The lowest BCUT2D eigenvalue weighted by molar-refractivity contribution is 0.478. The minimum absolute atomic E-state index is 0. The molecule has 2 aromatic carbocycles. The quantitative estimate of drug-likeness (QED) is 0.725. The summed E-state index contributed by atoms with van der Waals surface area (Å²) >= 11 is 5.97. The van der Waals surface area contributed by atoms with Crippen LogP contribution in [0.15, 0.2) is 60.7 Å². The summed E-state index contributed by atoms with van der Waals surface area (Å²) in [7, 11) is 0. The first-order chi connectivity index (χ1) is 11.7. The predicted molar refractivity (Wildman–Crippen MR) is 108 cm³/mol. The summed E-state index contributed by atoms with van der Waals surface area (Å²) in [6.45, 7) is 0.949. The summed E-state index contributed by atoms with van der Waals surface area (Å²) in [5.74, 6) is 1.40. The first kappa shape index (κ1) is 18.0. The number of para-hydroxylation sites is 1. The molecule has 4 rings (SSSR count). The van der Waals surface area contributed by atoms with Crippen molar-refractivity contribution >= 4 is 40.7 Å². The number of hydrogen-bond acceptors (Lipinski definition) is 3. The third-order valence-corrected chi connectivity index (χ3v) is 5.12. The molecule has 25 heavy (non-hydrogen) atoms. The number of nitrogens with zero attached hydrogens (tertiary/aromatic N) is 2. The van der Waals surface area contributed by atoms with E-state index >= 15 is 0 Å². The zero-order valence-electron chi connectivity index (χ0n) is 13.8. The molecule has 2 heterocycles. The third-order valence-electron chi connectivity index (χ3n) is 4.87. The van der Waals surface area contributed by atoms with Crippen LogP contribution in [0.25, 0.3) is 10.9 Å². The SMILES string of the molecule is Cl.NC1C(Cc2ccc(Cl)cc2)CCN1c1ccc2ccccc2n1. The van der Waals surface area contributed by atoms with Crippen LogP contribution < -0.4 is 10.6 Å². The summed E-state index contributed by atoms with van der Waals surface area (Å²) in [4.78, 5) is 7.02. The van der Waals surface area contributed by atoms with Gasteiger partial charge in [-0.25, -0.2) is 4.98 Å². The molecule has 1 saturated heterocycles. The third kappa shape index (κ3) is 3.74. The van der Waals surface area contributed by atoms with E-state index in [1.54, 1.807) is 0 Å². The minimum atomic E-state index is -0.00524. The van der Waals surface area contributed by atoms with E-state index in [1.165, 1.54) is 5.56 Å². The van der Waals surface area contributed by atoms with Gasteiger partial charge >= 0.3 is 0 Å². The monoisotopic (exact) mass is 373 g/mol. The molecule has 1 aromatic heterocycles. The van der Waals surface area contributed by atoms with Gasteiger partial charge in [-0.3, -0.25) is 0 Å². The highest BCUT2D eigenvalue weighted by molar-refractivity contribution is 6.30. The van der Waals surface area contributed by atoms with Gasteiger partial charge in [-0.2, -0.15) is 0 Å². The second kappa shape index (κ2) is 7.61. The van der Waals surface area contributed by atoms with Crippen molar-refractivity contribution in [2.45, 2.75) is 19.0 Å². The van der Waals surface area contributed by atoms with Crippen molar-refractivity contribution in [2.75, 3.05) is 11.4 Å². The number of rotatable bonds is 3. The van der Waals surface area contributed by atoms with Gasteiger partial charge in [-0.1, -0.05) is 41.9 Å². The van der Waals surface area contributed by atoms with E-state index in [2.05, 4.69) is 35.2 Å². The molecule has 3 aromatic rings. The number of nitrogens with two attached hydrogens (primary N) is 1. The summed E-state index contributed by atoms with van der Waals surface area (Å²) in [6, 6.07) is 20.5. The van der Waals surface area contributed by atoms with E-state index in [1.807, 2.05) is 30.3 Å². The van der Waals surface area contributed by atoms with E-state index in [0.717, 1.165) is 41.1 Å². The number of aromatic nitrogens is 1. The highest BCUT2D eigenvalue weighted by Gasteiger charge is 2.32. The Morgan fingerprint density at radius 1 is 1.04 bits per heavy atom.